The van der Waals surface area contributed by atoms with Crippen molar-refractivity contribution < 1.29 is 19.4 Å². The summed E-state index contributed by atoms with van der Waals surface area (Å²) in [4.78, 5) is 30.5. The Hall–Kier alpha value is -2.64. The molecule has 1 fully saturated rings. The average Bonchev–Trinajstić information content (AvgIpc) is 3.34. The van der Waals surface area contributed by atoms with E-state index in [1.807, 2.05) is 49.5 Å². The summed E-state index contributed by atoms with van der Waals surface area (Å²) in [5.41, 5.74) is 1.48. The second-order valence-electron chi connectivity index (χ2n) is 8.85. The first-order valence-electron chi connectivity index (χ1n) is 10.9. The highest BCUT2D eigenvalue weighted by Gasteiger charge is 2.46. The lowest BCUT2D eigenvalue weighted by Crippen LogP contribution is -2.32. The first-order valence-corrected chi connectivity index (χ1v) is 11.8. The number of rotatable bonds is 9. The van der Waals surface area contributed by atoms with E-state index in [2.05, 4.69) is 13.8 Å². The highest BCUT2D eigenvalue weighted by atomic mass is 32.1. The van der Waals surface area contributed by atoms with Crippen LogP contribution in [0.4, 0.5) is 0 Å². The van der Waals surface area contributed by atoms with Gasteiger partial charge in [0.2, 0.25) is 0 Å². The molecule has 2 aromatic rings. The fourth-order valence-electron chi connectivity index (χ4n) is 3.81. The number of thiophene rings is 1. The summed E-state index contributed by atoms with van der Waals surface area (Å²) in [7, 11) is 3.95. The van der Waals surface area contributed by atoms with Crippen molar-refractivity contribution in [2.75, 3.05) is 33.8 Å². The van der Waals surface area contributed by atoms with Gasteiger partial charge in [-0.3, -0.25) is 9.59 Å². The molecule has 0 spiro atoms. The van der Waals surface area contributed by atoms with Gasteiger partial charge in [0.15, 0.2) is 0 Å². The van der Waals surface area contributed by atoms with Crippen LogP contribution in [0.1, 0.15) is 42.3 Å². The van der Waals surface area contributed by atoms with Gasteiger partial charge in [0.1, 0.15) is 11.5 Å². The number of ether oxygens (including phenoxy) is 1. The van der Waals surface area contributed by atoms with Crippen molar-refractivity contribution in [3.63, 3.8) is 0 Å². The molecule has 1 aromatic heterocycles. The van der Waals surface area contributed by atoms with Gasteiger partial charge in [0, 0.05) is 17.0 Å². The summed E-state index contributed by atoms with van der Waals surface area (Å²) in [6.45, 7) is 7.87. The molecule has 6 nitrogen and oxygen atoms in total. The molecule has 0 radical (unpaired) electrons. The Bertz CT molecular complexity index is 995. The van der Waals surface area contributed by atoms with Crippen molar-refractivity contribution in [3.8, 4) is 5.75 Å². The van der Waals surface area contributed by atoms with E-state index in [0.29, 0.717) is 30.4 Å². The predicted octanol–water partition coefficient (Wildman–Crippen LogP) is 4.46. The molecule has 1 amide bonds. The monoisotopic (exact) mass is 456 g/mol. The van der Waals surface area contributed by atoms with Crippen LogP contribution in [0.25, 0.3) is 5.76 Å². The number of nitrogens with zero attached hydrogens (tertiary/aromatic N) is 2. The van der Waals surface area contributed by atoms with Crippen LogP contribution >= 0.6 is 11.3 Å². The second-order valence-corrected chi connectivity index (χ2v) is 9.83. The zero-order valence-corrected chi connectivity index (χ0v) is 20.2. The summed E-state index contributed by atoms with van der Waals surface area (Å²) in [6, 6.07) is 8.62. The Labute approximate surface area is 194 Å². The standard InChI is InChI=1S/C25H32N2O4S/c1-16(2)15-31-18-9-10-19(17(3)14-18)23(28)21-22(20-8-6-13-32-20)27(25(30)24(21)29)12-7-11-26(4)5/h6,8-10,13-14,16,22,28H,7,11-12,15H2,1-5H3/b23-21+. The molecule has 1 unspecified atom stereocenters. The largest absolute Gasteiger partial charge is 0.507 e. The molecule has 0 saturated carbocycles. The van der Waals surface area contributed by atoms with E-state index in [4.69, 9.17) is 4.74 Å². The van der Waals surface area contributed by atoms with Crippen molar-refractivity contribution >= 4 is 28.8 Å². The summed E-state index contributed by atoms with van der Waals surface area (Å²) in [5.74, 6) is -0.211. The molecule has 1 aromatic carbocycles. The SMILES string of the molecule is Cc1cc(OCC(C)C)ccc1/C(O)=C1\C(=O)C(=O)N(CCCN(C)C)C1c1cccs1. The summed E-state index contributed by atoms with van der Waals surface area (Å²) in [6.07, 6.45) is 0.739. The first kappa shape index (κ1) is 24.0. The zero-order valence-electron chi connectivity index (χ0n) is 19.4. The third-order valence-electron chi connectivity index (χ3n) is 5.39. The molecule has 1 aliphatic rings. The highest BCUT2D eigenvalue weighted by Crippen LogP contribution is 2.41. The van der Waals surface area contributed by atoms with Crippen LogP contribution in [-0.2, 0) is 9.59 Å². The van der Waals surface area contributed by atoms with E-state index in [9.17, 15) is 14.7 Å². The number of benzene rings is 1. The number of hydrogen-bond donors (Lipinski definition) is 1. The maximum absolute atomic E-state index is 13.0. The molecule has 1 aliphatic heterocycles. The lowest BCUT2D eigenvalue weighted by Gasteiger charge is -2.24. The number of carbonyl (C=O) groups is 2. The van der Waals surface area contributed by atoms with E-state index < -0.39 is 17.7 Å². The Morgan fingerprint density at radius 3 is 2.59 bits per heavy atom. The minimum absolute atomic E-state index is 0.134. The Morgan fingerprint density at radius 2 is 2.00 bits per heavy atom. The third-order valence-corrected chi connectivity index (χ3v) is 6.32. The summed E-state index contributed by atoms with van der Waals surface area (Å²) >= 11 is 1.48. The topological polar surface area (TPSA) is 70.1 Å². The normalized spacial score (nSPS) is 18.2. The quantitative estimate of drug-likeness (QED) is 0.343. The number of aryl methyl sites for hydroxylation is 1. The maximum atomic E-state index is 13.0. The molecular formula is C25H32N2O4S. The van der Waals surface area contributed by atoms with Crippen molar-refractivity contribution in [3.05, 3.63) is 57.3 Å². The smallest absolute Gasteiger partial charge is 0.295 e. The first-order chi connectivity index (χ1) is 15.2. The second kappa shape index (κ2) is 10.3. The molecule has 1 saturated heterocycles. The Kier molecular flexibility index (Phi) is 7.74. The van der Waals surface area contributed by atoms with Crippen molar-refractivity contribution in [1.29, 1.82) is 0 Å². The van der Waals surface area contributed by atoms with Gasteiger partial charge in [-0.2, -0.15) is 0 Å². The van der Waals surface area contributed by atoms with E-state index in [1.165, 1.54) is 11.3 Å². The van der Waals surface area contributed by atoms with Gasteiger partial charge in [0.05, 0.1) is 18.2 Å². The minimum atomic E-state index is -0.634. The van der Waals surface area contributed by atoms with E-state index >= 15 is 0 Å². The summed E-state index contributed by atoms with van der Waals surface area (Å²) < 4.78 is 5.78. The average molecular weight is 457 g/mol. The van der Waals surface area contributed by atoms with E-state index in [-0.39, 0.29) is 11.3 Å². The number of carbonyl (C=O) groups excluding carboxylic acids is 2. The molecule has 0 bridgehead atoms. The highest BCUT2D eigenvalue weighted by molar-refractivity contribution is 7.10. The van der Waals surface area contributed by atoms with Gasteiger partial charge in [0.25, 0.3) is 11.7 Å². The minimum Gasteiger partial charge on any atom is -0.507 e. The lowest BCUT2D eigenvalue weighted by atomic mass is 9.97. The van der Waals surface area contributed by atoms with Crippen molar-refractivity contribution in [2.45, 2.75) is 33.2 Å². The molecule has 1 N–H and O–H groups in total. The molecule has 0 aliphatic carbocycles. The number of likely N-dealkylation sites (tertiary alicyclic amines) is 1. The van der Waals surface area contributed by atoms with Crippen LogP contribution in [0.5, 0.6) is 5.75 Å². The van der Waals surface area contributed by atoms with Gasteiger partial charge in [-0.25, -0.2) is 0 Å². The van der Waals surface area contributed by atoms with Crippen molar-refractivity contribution in [1.82, 2.24) is 9.80 Å². The number of aliphatic hydroxyl groups excluding tert-OH is 1. The van der Waals surface area contributed by atoms with Crippen LogP contribution < -0.4 is 4.74 Å². The predicted molar refractivity (Wildman–Crippen MR) is 128 cm³/mol. The maximum Gasteiger partial charge on any atom is 0.295 e. The number of Topliss-reactive ketones (excluding diaryl/α,β-unsaturated/α-hetero) is 1. The molecule has 2 heterocycles. The van der Waals surface area contributed by atoms with Crippen molar-refractivity contribution in [2.24, 2.45) is 5.92 Å². The summed E-state index contributed by atoms with van der Waals surface area (Å²) in [5, 5.41) is 13.2. The fourth-order valence-corrected chi connectivity index (χ4v) is 4.66. The van der Waals surface area contributed by atoms with Gasteiger partial charge in [-0.1, -0.05) is 19.9 Å². The van der Waals surface area contributed by atoms with E-state index in [0.717, 1.165) is 23.4 Å². The van der Waals surface area contributed by atoms with Crippen LogP contribution in [0, 0.1) is 12.8 Å². The number of amides is 1. The van der Waals surface area contributed by atoms with Crippen LogP contribution in [0.15, 0.2) is 41.3 Å². The molecule has 1 atom stereocenters. The molecular weight excluding hydrogens is 424 g/mol. The Balaban J connectivity index is 1.99. The molecule has 3 rings (SSSR count). The van der Waals surface area contributed by atoms with Crippen LogP contribution in [0.3, 0.4) is 0 Å². The number of aliphatic hydroxyl groups is 1. The van der Waals surface area contributed by atoms with Gasteiger partial charge < -0.3 is 19.6 Å². The van der Waals surface area contributed by atoms with Crippen LogP contribution in [-0.4, -0.2) is 60.4 Å². The molecule has 32 heavy (non-hydrogen) atoms. The molecule has 7 heteroatoms. The fraction of sp³-hybridized carbons (Fsp3) is 0.440. The van der Waals surface area contributed by atoms with Gasteiger partial charge in [-0.15, -0.1) is 11.3 Å². The Morgan fingerprint density at radius 1 is 1.25 bits per heavy atom. The van der Waals surface area contributed by atoms with Gasteiger partial charge >= 0.3 is 0 Å². The number of ketones is 1. The van der Waals surface area contributed by atoms with E-state index in [1.54, 1.807) is 17.0 Å². The number of hydrogen-bond acceptors (Lipinski definition) is 6. The zero-order chi connectivity index (χ0) is 23.4. The third kappa shape index (κ3) is 5.22. The van der Waals surface area contributed by atoms with Crippen LogP contribution in [0.2, 0.25) is 0 Å². The van der Waals surface area contributed by atoms with Gasteiger partial charge in [-0.05, 0) is 75.1 Å². The molecule has 172 valence electrons. The lowest BCUT2D eigenvalue weighted by molar-refractivity contribution is -0.139.